The fourth-order valence-corrected chi connectivity index (χ4v) is 3.65. The molecule has 30 heavy (non-hydrogen) atoms. The van der Waals surface area contributed by atoms with Crippen molar-refractivity contribution in [3.63, 3.8) is 0 Å². The molecule has 1 saturated heterocycles. The van der Waals surface area contributed by atoms with E-state index in [2.05, 4.69) is 16.0 Å². The summed E-state index contributed by atoms with van der Waals surface area (Å²) in [5.41, 5.74) is -0.221. The van der Waals surface area contributed by atoms with Gasteiger partial charge in [-0.2, -0.15) is 4.39 Å². The third-order valence-electron chi connectivity index (χ3n) is 5.07. The summed E-state index contributed by atoms with van der Waals surface area (Å²) in [4.78, 5) is 37.9. The molecule has 2 heterocycles. The van der Waals surface area contributed by atoms with E-state index >= 15 is 4.39 Å². The lowest BCUT2D eigenvalue weighted by Gasteiger charge is -2.35. The molecular formula is C20H26ClFN4O4. The molecule has 2 atom stereocenters. The quantitative estimate of drug-likeness (QED) is 0.171. The molecule has 0 aromatic heterocycles. The zero-order valence-corrected chi connectivity index (χ0v) is 17.7. The molecule has 3 aliphatic rings. The van der Waals surface area contributed by atoms with Gasteiger partial charge in [0, 0.05) is 38.3 Å². The van der Waals surface area contributed by atoms with Crippen molar-refractivity contribution in [3.8, 4) is 0 Å². The Kier molecular flexibility index (Phi) is 6.82. The van der Waals surface area contributed by atoms with Gasteiger partial charge in [0.25, 0.3) is 5.92 Å². The third-order valence-corrected chi connectivity index (χ3v) is 5.37. The average Bonchev–Trinajstić information content (AvgIpc) is 3.37. The van der Waals surface area contributed by atoms with E-state index in [1.807, 2.05) is 0 Å². The Morgan fingerprint density at radius 3 is 2.70 bits per heavy atom. The number of esters is 1. The molecule has 1 amide bonds. The molecule has 2 unspecified atom stereocenters. The van der Waals surface area contributed by atoms with Crippen LogP contribution in [0, 0.1) is 0 Å². The van der Waals surface area contributed by atoms with Gasteiger partial charge in [-0.1, -0.05) is 11.6 Å². The predicted octanol–water partition coefficient (Wildman–Crippen LogP) is 1.20. The number of amides is 1. The van der Waals surface area contributed by atoms with E-state index in [1.165, 1.54) is 30.2 Å². The standard InChI is InChI=1S/C20H26ClFN4O4/c1-3-30-19(29)16(10-23-13-4-5-13)17(28)15-6-8-20(22,25-18(15)21)26-9-7-14(11-26)24-12(2)27/h6,8,10,13-14,23,25H,3-5,7,9,11H2,1-2H3,(H,24,27)/b16-10-. The number of ketones is 1. The molecule has 3 rings (SSSR count). The van der Waals surface area contributed by atoms with Gasteiger partial charge >= 0.3 is 5.97 Å². The van der Waals surface area contributed by atoms with E-state index in [9.17, 15) is 14.4 Å². The molecular weight excluding hydrogens is 415 g/mol. The lowest BCUT2D eigenvalue weighted by atomic mass is 10.0. The Hall–Kier alpha value is -2.39. The summed E-state index contributed by atoms with van der Waals surface area (Å²) in [6.07, 6.45) is 6.34. The van der Waals surface area contributed by atoms with Crippen LogP contribution in [-0.2, 0) is 19.1 Å². The fourth-order valence-electron chi connectivity index (χ4n) is 3.37. The first-order chi connectivity index (χ1) is 14.2. The van der Waals surface area contributed by atoms with E-state index in [-0.39, 0.29) is 40.9 Å². The van der Waals surface area contributed by atoms with Gasteiger partial charge in [-0.25, -0.2) is 9.69 Å². The number of hydrogen-bond acceptors (Lipinski definition) is 7. The van der Waals surface area contributed by atoms with Crippen LogP contribution in [0.1, 0.15) is 33.1 Å². The Morgan fingerprint density at radius 1 is 1.37 bits per heavy atom. The van der Waals surface area contributed by atoms with E-state index in [0.717, 1.165) is 12.8 Å². The molecule has 0 aromatic carbocycles. The number of Topliss-reactive ketones (excluding diaryl/α,β-unsaturated/α-hetero) is 1. The molecule has 0 spiro atoms. The van der Waals surface area contributed by atoms with Crippen molar-refractivity contribution in [2.24, 2.45) is 0 Å². The minimum Gasteiger partial charge on any atom is -0.462 e. The normalized spacial score (nSPS) is 26.9. The number of carbonyl (C=O) groups excluding carboxylic acids is 3. The van der Waals surface area contributed by atoms with Crippen LogP contribution < -0.4 is 16.0 Å². The number of ether oxygens (including phenoxy) is 1. The second-order valence-corrected chi connectivity index (χ2v) is 7.92. The molecule has 8 nitrogen and oxygen atoms in total. The van der Waals surface area contributed by atoms with Crippen molar-refractivity contribution in [3.05, 3.63) is 34.7 Å². The molecule has 0 aromatic rings. The van der Waals surface area contributed by atoms with Crippen LogP contribution in [0.15, 0.2) is 34.7 Å². The molecule has 3 N–H and O–H groups in total. The summed E-state index contributed by atoms with van der Waals surface area (Å²) in [5.74, 6) is -3.70. The van der Waals surface area contributed by atoms with Gasteiger partial charge in [0.1, 0.15) is 10.7 Å². The third kappa shape index (κ3) is 5.20. The van der Waals surface area contributed by atoms with Crippen molar-refractivity contribution in [1.82, 2.24) is 20.9 Å². The summed E-state index contributed by atoms with van der Waals surface area (Å²) in [6.45, 7) is 3.86. The van der Waals surface area contributed by atoms with Crippen molar-refractivity contribution < 1.29 is 23.5 Å². The second-order valence-electron chi connectivity index (χ2n) is 7.54. The summed E-state index contributed by atoms with van der Waals surface area (Å²) >= 11 is 6.22. The highest BCUT2D eigenvalue weighted by Gasteiger charge is 2.42. The van der Waals surface area contributed by atoms with Gasteiger partial charge in [-0.05, 0) is 38.3 Å². The van der Waals surface area contributed by atoms with Gasteiger partial charge in [-0.3, -0.25) is 9.59 Å². The van der Waals surface area contributed by atoms with E-state index in [0.29, 0.717) is 19.5 Å². The molecule has 0 bridgehead atoms. The molecule has 2 fully saturated rings. The summed E-state index contributed by atoms with van der Waals surface area (Å²) < 4.78 is 20.5. The number of dihydropyridines is 1. The lowest BCUT2D eigenvalue weighted by Crippen LogP contribution is -2.54. The fraction of sp³-hybridized carbons (Fsp3) is 0.550. The molecule has 10 heteroatoms. The Labute approximate surface area is 179 Å². The van der Waals surface area contributed by atoms with Crippen LogP contribution in [0.4, 0.5) is 4.39 Å². The molecule has 1 aliphatic carbocycles. The van der Waals surface area contributed by atoms with Gasteiger partial charge in [0.2, 0.25) is 11.7 Å². The van der Waals surface area contributed by atoms with E-state index in [1.54, 1.807) is 6.92 Å². The summed E-state index contributed by atoms with van der Waals surface area (Å²) in [6, 6.07) is 0.0693. The van der Waals surface area contributed by atoms with E-state index < -0.39 is 17.7 Å². The van der Waals surface area contributed by atoms with Gasteiger partial charge in [-0.15, -0.1) is 0 Å². The predicted molar refractivity (Wildman–Crippen MR) is 109 cm³/mol. The van der Waals surface area contributed by atoms with Crippen LogP contribution in [-0.4, -0.2) is 60.3 Å². The maximum absolute atomic E-state index is 15.5. The van der Waals surface area contributed by atoms with Crippen LogP contribution in [0.2, 0.25) is 0 Å². The number of hydrogen-bond donors (Lipinski definition) is 3. The maximum atomic E-state index is 15.5. The summed E-state index contributed by atoms with van der Waals surface area (Å²) in [5, 5.41) is 8.10. The zero-order valence-electron chi connectivity index (χ0n) is 17.0. The van der Waals surface area contributed by atoms with Crippen molar-refractivity contribution >= 4 is 29.3 Å². The van der Waals surface area contributed by atoms with Crippen molar-refractivity contribution in [2.45, 2.75) is 51.1 Å². The number of halogens is 2. The summed E-state index contributed by atoms with van der Waals surface area (Å²) in [7, 11) is 0. The number of allylic oxidation sites excluding steroid dienone is 2. The van der Waals surface area contributed by atoms with Crippen molar-refractivity contribution in [1.29, 1.82) is 0 Å². The maximum Gasteiger partial charge on any atom is 0.343 e. The van der Waals surface area contributed by atoms with Crippen molar-refractivity contribution in [2.75, 3.05) is 19.7 Å². The second kappa shape index (κ2) is 9.18. The first kappa shape index (κ1) is 22.3. The topological polar surface area (TPSA) is 99.8 Å². The highest BCUT2D eigenvalue weighted by Crippen LogP contribution is 2.30. The smallest absolute Gasteiger partial charge is 0.343 e. The average molecular weight is 441 g/mol. The zero-order chi connectivity index (χ0) is 21.9. The lowest BCUT2D eigenvalue weighted by molar-refractivity contribution is -0.139. The largest absolute Gasteiger partial charge is 0.462 e. The Balaban J connectivity index is 1.73. The highest BCUT2D eigenvalue weighted by atomic mass is 35.5. The SMILES string of the molecule is CCOC(=O)/C(=C\NC1CC1)C(=O)C1=C(Cl)NC(F)(N2CCC(NC(C)=O)C2)C=C1. The number of alkyl halides is 1. The number of likely N-dealkylation sites (tertiary alicyclic amines) is 1. The van der Waals surface area contributed by atoms with Crippen LogP contribution in [0.25, 0.3) is 0 Å². The highest BCUT2D eigenvalue weighted by molar-refractivity contribution is 6.35. The number of carbonyl (C=O) groups is 3. The Bertz CT molecular complexity index is 824. The molecule has 164 valence electrons. The molecule has 1 saturated carbocycles. The van der Waals surface area contributed by atoms with Gasteiger partial charge in [0.05, 0.1) is 12.2 Å². The van der Waals surface area contributed by atoms with E-state index in [4.69, 9.17) is 16.3 Å². The first-order valence-corrected chi connectivity index (χ1v) is 10.4. The van der Waals surface area contributed by atoms with Gasteiger partial charge in [0.15, 0.2) is 0 Å². The first-order valence-electron chi connectivity index (χ1n) is 9.99. The minimum absolute atomic E-state index is 0.0283. The van der Waals surface area contributed by atoms with Crippen LogP contribution >= 0.6 is 11.6 Å². The Morgan fingerprint density at radius 2 is 2.10 bits per heavy atom. The van der Waals surface area contributed by atoms with Crippen LogP contribution in [0.5, 0.6) is 0 Å². The molecule has 0 radical (unpaired) electrons. The number of rotatable bonds is 8. The number of nitrogens with zero attached hydrogens (tertiary/aromatic N) is 1. The molecule has 2 aliphatic heterocycles. The number of nitrogens with one attached hydrogen (secondary N) is 3. The van der Waals surface area contributed by atoms with Crippen LogP contribution in [0.3, 0.4) is 0 Å². The monoisotopic (exact) mass is 440 g/mol. The van der Waals surface area contributed by atoms with Gasteiger partial charge < -0.3 is 20.7 Å². The minimum atomic E-state index is -2.10.